The summed E-state index contributed by atoms with van der Waals surface area (Å²) >= 11 is 6.77. The molecule has 0 amide bonds. The molecule has 2 aromatic carbocycles. The first kappa shape index (κ1) is 19.6. The lowest BCUT2D eigenvalue weighted by atomic mass is 9.91. The Morgan fingerprint density at radius 1 is 0.957 bits per heavy atom. The van der Waals surface area contributed by atoms with E-state index >= 15 is 0 Å². The minimum absolute atomic E-state index is 0.278. The van der Waals surface area contributed by atoms with Crippen LogP contribution in [-0.4, -0.2) is 5.11 Å². The topological polar surface area (TPSA) is 29.5 Å². The van der Waals surface area contributed by atoms with Gasteiger partial charge in [0.1, 0.15) is 11.5 Å². The van der Waals surface area contributed by atoms with Crippen LogP contribution in [0, 0.1) is 22.5 Å². The number of hydrogen-bond acceptors (Lipinski definition) is 2. The number of halogens is 3. The Hall–Kier alpha value is 0.230. The van der Waals surface area contributed by atoms with E-state index in [0.717, 1.165) is 28.6 Å². The van der Waals surface area contributed by atoms with Crippen molar-refractivity contribution < 1.29 is 9.84 Å². The Bertz CT molecular complexity index is 676. The summed E-state index contributed by atoms with van der Waals surface area (Å²) in [4.78, 5) is 0. The molecule has 0 aromatic heterocycles. The van der Waals surface area contributed by atoms with Crippen LogP contribution < -0.4 is 4.74 Å². The van der Waals surface area contributed by atoms with Crippen molar-refractivity contribution >= 4 is 67.8 Å². The normalized spacial score (nSPS) is 12.5. The van der Waals surface area contributed by atoms with Crippen LogP contribution in [0.3, 0.4) is 0 Å². The second-order valence-corrected chi connectivity index (χ2v) is 9.52. The number of hydrogen-bond donors (Lipinski definition) is 1. The summed E-state index contributed by atoms with van der Waals surface area (Å²) in [5.41, 5.74) is 1.35. The lowest BCUT2D eigenvalue weighted by molar-refractivity contribution is 0.416. The van der Waals surface area contributed by atoms with Gasteiger partial charge in [-0.15, -0.1) is 0 Å². The van der Waals surface area contributed by atoms with Crippen molar-refractivity contribution in [2.24, 2.45) is 11.8 Å². The van der Waals surface area contributed by atoms with E-state index in [-0.39, 0.29) is 5.75 Å². The smallest absolute Gasteiger partial charge is 0.154 e. The van der Waals surface area contributed by atoms with Gasteiger partial charge in [-0.3, -0.25) is 0 Å². The zero-order valence-corrected chi connectivity index (χ0v) is 19.7. The van der Waals surface area contributed by atoms with Crippen LogP contribution >= 0.6 is 67.8 Å². The lowest BCUT2D eigenvalue weighted by Crippen LogP contribution is -2.08. The molecule has 0 aliphatic carbocycles. The molecule has 0 bridgehead atoms. The molecule has 0 radical (unpaired) electrons. The van der Waals surface area contributed by atoms with Crippen molar-refractivity contribution in [3.8, 4) is 17.2 Å². The molecular weight excluding hydrogens is 629 g/mol. The number of phenols is 1. The molecule has 2 rings (SSSR count). The van der Waals surface area contributed by atoms with Gasteiger partial charge in [0.05, 0.1) is 10.7 Å². The first-order valence-corrected chi connectivity index (χ1v) is 10.7. The molecule has 2 nitrogen and oxygen atoms in total. The number of ether oxygens (including phenoxy) is 1. The molecule has 1 unspecified atom stereocenters. The third-order valence-electron chi connectivity index (χ3n) is 3.89. The van der Waals surface area contributed by atoms with Gasteiger partial charge in [0.15, 0.2) is 5.75 Å². The summed E-state index contributed by atoms with van der Waals surface area (Å²) in [6.45, 7) is 6.84. The van der Waals surface area contributed by atoms with Crippen molar-refractivity contribution in [3.05, 3.63) is 46.6 Å². The highest BCUT2D eigenvalue weighted by atomic mass is 127. The minimum Gasteiger partial charge on any atom is -0.507 e. The molecule has 1 N–H and O–H groups in total. The molecule has 0 aliphatic heterocycles. The number of benzene rings is 2. The molecule has 0 saturated carbocycles. The fraction of sp³-hybridized carbons (Fsp3) is 0.333. The molecule has 23 heavy (non-hydrogen) atoms. The maximum Gasteiger partial charge on any atom is 0.154 e. The van der Waals surface area contributed by atoms with E-state index in [9.17, 15) is 5.11 Å². The van der Waals surface area contributed by atoms with Crippen LogP contribution in [0.1, 0.15) is 26.3 Å². The van der Waals surface area contributed by atoms with Gasteiger partial charge in [-0.2, -0.15) is 0 Å². The van der Waals surface area contributed by atoms with Gasteiger partial charge in [0.25, 0.3) is 0 Å². The van der Waals surface area contributed by atoms with E-state index in [1.54, 1.807) is 12.1 Å². The summed E-state index contributed by atoms with van der Waals surface area (Å²) in [5, 5.41) is 9.62. The first-order chi connectivity index (χ1) is 10.8. The van der Waals surface area contributed by atoms with Gasteiger partial charge in [-0.05, 0) is 122 Å². The zero-order valence-electron chi connectivity index (χ0n) is 13.2. The van der Waals surface area contributed by atoms with E-state index in [2.05, 4.69) is 101 Å². The Balaban J connectivity index is 2.24. The number of rotatable bonds is 5. The van der Waals surface area contributed by atoms with Gasteiger partial charge in [0, 0.05) is 0 Å². The Labute approximate surface area is 178 Å². The Morgan fingerprint density at radius 2 is 1.57 bits per heavy atom. The predicted molar refractivity (Wildman–Crippen MR) is 120 cm³/mol. The van der Waals surface area contributed by atoms with Crippen molar-refractivity contribution in [1.82, 2.24) is 0 Å². The fourth-order valence-electron chi connectivity index (χ4n) is 2.10. The van der Waals surface area contributed by atoms with E-state index in [1.807, 2.05) is 6.07 Å². The third kappa shape index (κ3) is 5.35. The van der Waals surface area contributed by atoms with Crippen molar-refractivity contribution in [2.75, 3.05) is 0 Å². The average Bonchev–Trinajstić information content (AvgIpc) is 2.46. The fourth-order valence-corrected chi connectivity index (χ4v) is 4.71. The molecule has 5 heteroatoms. The predicted octanol–water partition coefficient (Wildman–Crippen LogP) is 6.83. The van der Waals surface area contributed by atoms with E-state index in [0.29, 0.717) is 11.8 Å². The highest BCUT2D eigenvalue weighted by Crippen LogP contribution is 2.35. The standard InChI is InChI=1S/C18H19I3O2/c1-10(2)11(3)6-12-7-15(20)18(16(21)8-12)23-13-4-5-17(22)14(19)9-13/h4-5,7-11,22H,6H2,1-3H3. The van der Waals surface area contributed by atoms with Crippen molar-refractivity contribution in [2.45, 2.75) is 27.2 Å². The molecular formula is C18H19I3O2. The van der Waals surface area contributed by atoms with E-state index in [1.165, 1.54) is 5.56 Å². The molecule has 0 aliphatic rings. The Morgan fingerprint density at radius 3 is 2.09 bits per heavy atom. The summed E-state index contributed by atoms with van der Waals surface area (Å²) in [5.74, 6) is 3.24. The van der Waals surface area contributed by atoms with Crippen LogP contribution in [0.15, 0.2) is 30.3 Å². The van der Waals surface area contributed by atoms with Gasteiger partial charge in [-0.1, -0.05) is 20.8 Å². The van der Waals surface area contributed by atoms with Crippen LogP contribution in [0.2, 0.25) is 0 Å². The highest BCUT2D eigenvalue weighted by molar-refractivity contribution is 14.1. The van der Waals surface area contributed by atoms with Crippen LogP contribution in [-0.2, 0) is 6.42 Å². The average molecular weight is 648 g/mol. The van der Waals surface area contributed by atoms with Gasteiger partial charge >= 0.3 is 0 Å². The SMILES string of the molecule is CC(C)C(C)Cc1cc(I)c(Oc2ccc(O)c(I)c2)c(I)c1. The summed E-state index contributed by atoms with van der Waals surface area (Å²) in [6.07, 6.45) is 1.08. The molecule has 2 aromatic rings. The molecule has 0 saturated heterocycles. The van der Waals surface area contributed by atoms with Crippen molar-refractivity contribution in [3.63, 3.8) is 0 Å². The van der Waals surface area contributed by atoms with Gasteiger partial charge < -0.3 is 9.84 Å². The van der Waals surface area contributed by atoms with E-state index < -0.39 is 0 Å². The van der Waals surface area contributed by atoms with Crippen LogP contribution in [0.4, 0.5) is 0 Å². The maximum atomic E-state index is 9.62. The largest absolute Gasteiger partial charge is 0.507 e. The second kappa shape index (κ2) is 8.55. The summed E-state index contributed by atoms with van der Waals surface area (Å²) in [6, 6.07) is 9.72. The molecule has 0 spiro atoms. The zero-order chi connectivity index (χ0) is 17.1. The maximum absolute atomic E-state index is 9.62. The van der Waals surface area contributed by atoms with Crippen LogP contribution in [0.25, 0.3) is 0 Å². The number of aromatic hydroxyl groups is 1. The van der Waals surface area contributed by atoms with E-state index in [4.69, 9.17) is 4.74 Å². The number of phenolic OH excluding ortho intramolecular Hbond substituents is 1. The lowest BCUT2D eigenvalue weighted by Gasteiger charge is -2.17. The summed E-state index contributed by atoms with van der Waals surface area (Å²) in [7, 11) is 0. The van der Waals surface area contributed by atoms with Crippen LogP contribution in [0.5, 0.6) is 17.2 Å². The molecule has 0 fully saturated rings. The molecule has 124 valence electrons. The quantitative estimate of drug-likeness (QED) is 0.361. The van der Waals surface area contributed by atoms with Crippen molar-refractivity contribution in [1.29, 1.82) is 0 Å². The monoisotopic (exact) mass is 648 g/mol. The second-order valence-electron chi connectivity index (χ2n) is 6.03. The molecule has 1 atom stereocenters. The highest BCUT2D eigenvalue weighted by Gasteiger charge is 2.14. The van der Waals surface area contributed by atoms with Gasteiger partial charge in [-0.25, -0.2) is 0 Å². The Kier molecular flexibility index (Phi) is 7.27. The summed E-state index contributed by atoms with van der Waals surface area (Å²) < 4.78 is 9.07. The first-order valence-electron chi connectivity index (χ1n) is 7.42. The third-order valence-corrected chi connectivity index (χ3v) is 6.36. The molecule has 0 heterocycles. The van der Waals surface area contributed by atoms with Gasteiger partial charge in [0.2, 0.25) is 0 Å². The minimum atomic E-state index is 0.278.